The lowest BCUT2D eigenvalue weighted by molar-refractivity contribution is -0.150. The lowest BCUT2D eigenvalue weighted by Crippen LogP contribution is -2.31. The second-order valence-corrected chi connectivity index (χ2v) is 9.63. The van der Waals surface area contributed by atoms with Gasteiger partial charge >= 0.3 is 5.97 Å². The average Bonchev–Trinajstić information content (AvgIpc) is 3.48. The normalized spacial score (nSPS) is 11.6. The van der Waals surface area contributed by atoms with E-state index < -0.39 is 23.8 Å². The number of nitrogens with zero attached hydrogens (tertiary/aromatic N) is 3. The van der Waals surface area contributed by atoms with E-state index in [1.165, 1.54) is 43.0 Å². The van der Waals surface area contributed by atoms with Gasteiger partial charge in [0, 0.05) is 47.6 Å². The third-order valence-corrected chi connectivity index (χ3v) is 6.62. The Kier molecular flexibility index (Phi) is 8.05. The Morgan fingerprint density at radius 2 is 1.71 bits per heavy atom. The Balaban J connectivity index is 1.52. The van der Waals surface area contributed by atoms with E-state index >= 15 is 0 Å². The molecular formula is C32H28FN5O4. The molecule has 1 atom stereocenters. The van der Waals surface area contributed by atoms with Gasteiger partial charge in [-0.05, 0) is 67.8 Å². The first-order valence-corrected chi connectivity index (χ1v) is 13.3. The first-order valence-electron chi connectivity index (χ1n) is 13.3. The van der Waals surface area contributed by atoms with Gasteiger partial charge in [0.15, 0.2) is 11.9 Å². The molecule has 0 saturated carbocycles. The molecule has 0 bridgehead atoms. The standard InChI is InChI=1S/C32H28FN5O4/c1-4-38(27-11-9-25(33)10-12-27)32(41)24-13-23(14-26(15-24)36-31(40)19(2)42-20(3)39)29-18-35-30(37-29)28-16-21-7-5-6-8-22(21)17-34-28/h5-19H,4H2,1-3H3,(H,35,37)(H,36,40). The third-order valence-electron chi connectivity index (χ3n) is 6.62. The van der Waals surface area contributed by atoms with Crippen molar-refractivity contribution in [2.75, 3.05) is 16.8 Å². The van der Waals surface area contributed by atoms with E-state index in [0.29, 0.717) is 40.7 Å². The van der Waals surface area contributed by atoms with Gasteiger partial charge in [0.05, 0.1) is 11.9 Å². The quantitative estimate of drug-likeness (QED) is 0.223. The summed E-state index contributed by atoms with van der Waals surface area (Å²) in [4.78, 5) is 51.7. The predicted molar refractivity (Wildman–Crippen MR) is 158 cm³/mol. The van der Waals surface area contributed by atoms with Gasteiger partial charge in [-0.25, -0.2) is 9.37 Å². The summed E-state index contributed by atoms with van der Waals surface area (Å²) in [5, 5.41) is 4.75. The molecule has 42 heavy (non-hydrogen) atoms. The van der Waals surface area contributed by atoms with Crippen LogP contribution in [-0.4, -0.2) is 45.4 Å². The van der Waals surface area contributed by atoms with Crippen LogP contribution in [0.3, 0.4) is 0 Å². The van der Waals surface area contributed by atoms with Crippen LogP contribution in [0.2, 0.25) is 0 Å². The Morgan fingerprint density at radius 3 is 2.43 bits per heavy atom. The molecule has 212 valence electrons. The van der Waals surface area contributed by atoms with Gasteiger partial charge in [-0.2, -0.15) is 0 Å². The summed E-state index contributed by atoms with van der Waals surface area (Å²) in [7, 11) is 0. The number of esters is 1. The first kappa shape index (κ1) is 28.2. The number of anilines is 2. The number of aromatic amines is 1. The van der Waals surface area contributed by atoms with E-state index in [2.05, 4.69) is 20.3 Å². The number of hydrogen-bond donors (Lipinski definition) is 2. The maximum absolute atomic E-state index is 13.7. The molecule has 10 heteroatoms. The summed E-state index contributed by atoms with van der Waals surface area (Å²) >= 11 is 0. The van der Waals surface area contributed by atoms with Crippen molar-refractivity contribution in [3.8, 4) is 22.8 Å². The topological polar surface area (TPSA) is 117 Å². The monoisotopic (exact) mass is 565 g/mol. The van der Waals surface area contributed by atoms with Gasteiger partial charge in [0.1, 0.15) is 11.5 Å². The number of imidazole rings is 1. The summed E-state index contributed by atoms with van der Waals surface area (Å²) in [6, 6.07) is 20.3. The number of rotatable bonds is 8. The maximum Gasteiger partial charge on any atom is 0.303 e. The fraction of sp³-hybridized carbons (Fsp3) is 0.156. The second kappa shape index (κ2) is 12.0. The third kappa shape index (κ3) is 6.17. The Bertz CT molecular complexity index is 1780. The molecule has 1 unspecified atom stereocenters. The molecule has 0 radical (unpaired) electrons. The van der Waals surface area contributed by atoms with Crippen LogP contribution >= 0.6 is 0 Å². The van der Waals surface area contributed by atoms with Crippen molar-refractivity contribution in [2.24, 2.45) is 0 Å². The van der Waals surface area contributed by atoms with Crippen molar-refractivity contribution >= 4 is 39.9 Å². The molecule has 0 fully saturated rings. The molecule has 0 aliphatic carbocycles. The molecule has 2 heterocycles. The highest BCUT2D eigenvalue weighted by molar-refractivity contribution is 6.08. The van der Waals surface area contributed by atoms with E-state index in [-0.39, 0.29) is 11.5 Å². The molecule has 5 aromatic rings. The number of fused-ring (bicyclic) bond motifs is 1. The van der Waals surface area contributed by atoms with Gasteiger partial charge < -0.3 is 19.9 Å². The molecule has 3 aromatic carbocycles. The molecule has 0 aliphatic rings. The van der Waals surface area contributed by atoms with E-state index in [1.54, 1.807) is 30.6 Å². The van der Waals surface area contributed by atoms with Crippen LogP contribution < -0.4 is 10.2 Å². The van der Waals surface area contributed by atoms with Gasteiger partial charge in [0.2, 0.25) is 0 Å². The Morgan fingerprint density at radius 1 is 0.976 bits per heavy atom. The van der Waals surface area contributed by atoms with Crippen molar-refractivity contribution in [2.45, 2.75) is 26.9 Å². The Labute approximate surface area is 241 Å². The van der Waals surface area contributed by atoms with Gasteiger partial charge in [-0.15, -0.1) is 0 Å². The number of ether oxygens (including phenoxy) is 1. The van der Waals surface area contributed by atoms with E-state index in [1.807, 2.05) is 37.3 Å². The van der Waals surface area contributed by atoms with Gasteiger partial charge in [0.25, 0.3) is 11.8 Å². The molecule has 2 amide bonds. The van der Waals surface area contributed by atoms with Crippen molar-refractivity contribution < 1.29 is 23.5 Å². The van der Waals surface area contributed by atoms with E-state index in [4.69, 9.17) is 4.74 Å². The molecule has 2 N–H and O–H groups in total. The SMILES string of the molecule is CCN(C(=O)c1cc(NC(=O)C(C)OC(C)=O)cc(-c2cnc(-c3cc4ccccc4cn3)[nH]2)c1)c1ccc(F)cc1. The second-order valence-electron chi connectivity index (χ2n) is 9.63. The summed E-state index contributed by atoms with van der Waals surface area (Å²) in [5.74, 6) is -1.38. The number of pyridine rings is 1. The van der Waals surface area contributed by atoms with Crippen LogP contribution in [0.15, 0.2) is 85.2 Å². The number of benzene rings is 3. The van der Waals surface area contributed by atoms with Crippen LogP contribution in [0.5, 0.6) is 0 Å². The lowest BCUT2D eigenvalue weighted by Gasteiger charge is -2.22. The number of carbonyl (C=O) groups is 3. The largest absolute Gasteiger partial charge is 0.453 e. The molecule has 9 nitrogen and oxygen atoms in total. The number of amides is 2. The van der Waals surface area contributed by atoms with Crippen LogP contribution in [-0.2, 0) is 14.3 Å². The van der Waals surface area contributed by atoms with Crippen LogP contribution in [0, 0.1) is 5.82 Å². The number of H-pyrrole nitrogens is 1. The number of nitrogens with one attached hydrogen (secondary N) is 2. The molecule has 0 aliphatic heterocycles. The lowest BCUT2D eigenvalue weighted by atomic mass is 10.1. The summed E-state index contributed by atoms with van der Waals surface area (Å²) < 4.78 is 18.6. The van der Waals surface area contributed by atoms with E-state index in [0.717, 1.165) is 10.8 Å². The number of aromatic nitrogens is 3. The minimum absolute atomic E-state index is 0.272. The van der Waals surface area contributed by atoms with E-state index in [9.17, 15) is 18.8 Å². The molecule has 2 aromatic heterocycles. The maximum atomic E-state index is 13.7. The average molecular weight is 566 g/mol. The van der Waals surface area contributed by atoms with Crippen molar-refractivity contribution in [1.29, 1.82) is 0 Å². The zero-order valence-corrected chi connectivity index (χ0v) is 23.2. The van der Waals surface area contributed by atoms with Crippen molar-refractivity contribution in [3.63, 3.8) is 0 Å². The van der Waals surface area contributed by atoms with Crippen molar-refractivity contribution in [1.82, 2.24) is 15.0 Å². The fourth-order valence-corrected chi connectivity index (χ4v) is 4.56. The highest BCUT2D eigenvalue weighted by Crippen LogP contribution is 2.28. The molecular weight excluding hydrogens is 537 g/mol. The number of halogens is 1. The highest BCUT2D eigenvalue weighted by atomic mass is 19.1. The van der Waals surface area contributed by atoms with Crippen LogP contribution in [0.4, 0.5) is 15.8 Å². The minimum Gasteiger partial charge on any atom is -0.453 e. The van der Waals surface area contributed by atoms with Crippen LogP contribution in [0.25, 0.3) is 33.5 Å². The number of carbonyl (C=O) groups excluding carboxylic acids is 3. The van der Waals surface area contributed by atoms with Gasteiger partial charge in [-0.1, -0.05) is 24.3 Å². The first-order chi connectivity index (χ1) is 20.2. The summed E-state index contributed by atoms with van der Waals surface area (Å²) in [6.45, 7) is 4.81. The smallest absolute Gasteiger partial charge is 0.303 e. The summed E-state index contributed by atoms with van der Waals surface area (Å²) in [5.41, 5.74) is 2.91. The highest BCUT2D eigenvalue weighted by Gasteiger charge is 2.21. The van der Waals surface area contributed by atoms with Crippen molar-refractivity contribution in [3.05, 3.63) is 96.6 Å². The predicted octanol–water partition coefficient (Wildman–Crippen LogP) is 5.99. The molecule has 0 saturated heterocycles. The fourth-order valence-electron chi connectivity index (χ4n) is 4.56. The zero-order valence-electron chi connectivity index (χ0n) is 23.2. The molecule has 5 rings (SSSR count). The zero-order chi connectivity index (χ0) is 29.8. The summed E-state index contributed by atoms with van der Waals surface area (Å²) in [6.07, 6.45) is 2.36. The number of hydrogen-bond acceptors (Lipinski definition) is 6. The minimum atomic E-state index is -1.05. The van der Waals surface area contributed by atoms with Gasteiger partial charge in [-0.3, -0.25) is 19.4 Å². The Hall–Kier alpha value is -5.38. The molecule has 0 spiro atoms. The van der Waals surface area contributed by atoms with Crippen LogP contribution in [0.1, 0.15) is 31.1 Å².